The van der Waals surface area contributed by atoms with Gasteiger partial charge >= 0.3 is 0 Å². The molecule has 2 rings (SSSR count). The second kappa shape index (κ2) is 6.84. The van der Waals surface area contributed by atoms with Gasteiger partial charge in [-0.25, -0.2) is 0 Å². The summed E-state index contributed by atoms with van der Waals surface area (Å²) in [5.74, 6) is 2.12. The van der Waals surface area contributed by atoms with Crippen molar-refractivity contribution in [2.45, 2.75) is 38.6 Å². The fraction of sp³-hybridized carbons (Fsp3) is 0.625. The van der Waals surface area contributed by atoms with Crippen LogP contribution in [-0.4, -0.2) is 33.5 Å². The smallest absolute Gasteiger partial charge is 0.128 e. The largest absolute Gasteiger partial charge is 0.496 e. The Morgan fingerprint density at radius 1 is 1.10 bits per heavy atom. The molecule has 0 aliphatic carbocycles. The molecule has 1 aromatic rings. The Kier molecular flexibility index (Phi) is 5.12. The van der Waals surface area contributed by atoms with Crippen LogP contribution in [-0.2, 0) is 4.74 Å². The van der Waals surface area contributed by atoms with Crippen molar-refractivity contribution in [3.8, 4) is 11.5 Å². The lowest BCUT2D eigenvalue weighted by Crippen LogP contribution is -2.27. The molecule has 0 spiro atoms. The molecule has 0 aromatic heterocycles. The second-order valence-electron chi connectivity index (χ2n) is 5.48. The minimum atomic E-state index is 0.358. The molecule has 1 fully saturated rings. The highest BCUT2D eigenvalue weighted by atomic mass is 16.5. The van der Waals surface area contributed by atoms with E-state index in [0.717, 1.165) is 48.8 Å². The van der Waals surface area contributed by atoms with E-state index >= 15 is 0 Å². The molecule has 1 saturated heterocycles. The van der Waals surface area contributed by atoms with Gasteiger partial charge in [-0.3, -0.25) is 0 Å². The molecule has 0 radical (unpaired) electrons. The first kappa shape index (κ1) is 15.0. The molecule has 0 amide bonds. The summed E-state index contributed by atoms with van der Waals surface area (Å²) in [6, 6.07) is 4.59. The summed E-state index contributed by atoms with van der Waals surface area (Å²) >= 11 is 0. The Morgan fingerprint density at radius 3 is 2.10 bits per heavy atom. The zero-order valence-electron chi connectivity index (χ0n) is 12.9. The summed E-state index contributed by atoms with van der Waals surface area (Å²) in [6.07, 6.45) is 2.08. The summed E-state index contributed by atoms with van der Waals surface area (Å²) in [5.41, 5.74) is 2.17. The van der Waals surface area contributed by atoms with E-state index in [1.807, 2.05) is 0 Å². The van der Waals surface area contributed by atoms with Crippen molar-refractivity contribution < 1.29 is 14.2 Å². The van der Waals surface area contributed by atoms with E-state index in [9.17, 15) is 0 Å². The molecule has 112 valence electrons. The average molecular weight is 279 g/mol. The van der Waals surface area contributed by atoms with Crippen LogP contribution in [0.2, 0.25) is 0 Å². The number of rotatable bonds is 5. The highest BCUT2D eigenvalue weighted by Gasteiger charge is 2.18. The van der Waals surface area contributed by atoms with Gasteiger partial charge in [-0.1, -0.05) is 13.8 Å². The van der Waals surface area contributed by atoms with E-state index in [4.69, 9.17) is 14.2 Å². The molecule has 1 aliphatic rings. The van der Waals surface area contributed by atoms with Gasteiger partial charge in [0, 0.05) is 42.6 Å². The number of methoxy groups -OCH3 is 2. The Morgan fingerprint density at radius 2 is 1.65 bits per heavy atom. The Balaban J connectivity index is 2.25. The number of hydrogen-bond acceptors (Lipinski definition) is 4. The van der Waals surface area contributed by atoms with Gasteiger partial charge in [0.15, 0.2) is 0 Å². The van der Waals surface area contributed by atoms with Crippen LogP contribution in [0.4, 0.5) is 5.69 Å². The van der Waals surface area contributed by atoms with Crippen LogP contribution in [0.1, 0.15) is 38.2 Å². The van der Waals surface area contributed by atoms with Gasteiger partial charge in [-0.15, -0.1) is 0 Å². The van der Waals surface area contributed by atoms with Gasteiger partial charge in [0.1, 0.15) is 11.5 Å². The summed E-state index contributed by atoms with van der Waals surface area (Å²) in [4.78, 5) is 0. The van der Waals surface area contributed by atoms with Crippen LogP contribution in [0.5, 0.6) is 11.5 Å². The first-order valence-electron chi connectivity index (χ1n) is 7.26. The van der Waals surface area contributed by atoms with Crippen molar-refractivity contribution in [1.82, 2.24) is 0 Å². The number of benzene rings is 1. The average Bonchev–Trinajstić information content (AvgIpc) is 2.46. The quantitative estimate of drug-likeness (QED) is 0.896. The van der Waals surface area contributed by atoms with E-state index < -0.39 is 0 Å². The lowest BCUT2D eigenvalue weighted by atomic mass is 9.99. The lowest BCUT2D eigenvalue weighted by molar-refractivity contribution is 0.0904. The lowest BCUT2D eigenvalue weighted by Gasteiger charge is -2.25. The zero-order chi connectivity index (χ0) is 14.5. The van der Waals surface area contributed by atoms with Crippen molar-refractivity contribution >= 4 is 5.69 Å². The third kappa shape index (κ3) is 3.37. The first-order valence-corrected chi connectivity index (χ1v) is 7.26. The normalized spacial score (nSPS) is 16.2. The topological polar surface area (TPSA) is 39.7 Å². The molecule has 4 nitrogen and oxygen atoms in total. The Hall–Kier alpha value is -1.42. The molecule has 0 atom stereocenters. The van der Waals surface area contributed by atoms with Gasteiger partial charge < -0.3 is 19.5 Å². The minimum absolute atomic E-state index is 0.358. The van der Waals surface area contributed by atoms with Crippen molar-refractivity contribution in [1.29, 1.82) is 0 Å². The molecule has 0 bridgehead atoms. The molecule has 4 heteroatoms. The van der Waals surface area contributed by atoms with Gasteiger partial charge in [0.25, 0.3) is 0 Å². The molecule has 20 heavy (non-hydrogen) atoms. The fourth-order valence-corrected chi connectivity index (χ4v) is 2.67. The van der Waals surface area contributed by atoms with E-state index in [-0.39, 0.29) is 0 Å². The maximum atomic E-state index is 5.53. The Bertz CT molecular complexity index is 414. The standard InChI is InChI=1S/C16H25NO3/c1-11(2)16-14(18-3)9-13(10-15(16)19-4)17-12-5-7-20-8-6-12/h9-12,17H,5-8H2,1-4H3. The van der Waals surface area contributed by atoms with Crippen LogP contribution >= 0.6 is 0 Å². The molecule has 0 saturated carbocycles. The minimum Gasteiger partial charge on any atom is -0.496 e. The summed E-state index contributed by atoms with van der Waals surface area (Å²) in [7, 11) is 3.41. The van der Waals surface area contributed by atoms with Crippen LogP contribution < -0.4 is 14.8 Å². The maximum absolute atomic E-state index is 5.53. The van der Waals surface area contributed by atoms with Crippen LogP contribution in [0.3, 0.4) is 0 Å². The third-order valence-electron chi connectivity index (χ3n) is 3.71. The highest BCUT2D eigenvalue weighted by molar-refractivity contribution is 5.60. The highest BCUT2D eigenvalue weighted by Crippen LogP contribution is 2.38. The monoisotopic (exact) mass is 279 g/mol. The molecular weight excluding hydrogens is 254 g/mol. The molecule has 1 aliphatic heterocycles. The van der Waals surface area contributed by atoms with Crippen molar-refractivity contribution in [2.75, 3.05) is 32.8 Å². The Labute approximate surface area is 121 Å². The van der Waals surface area contributed by atoms with Crippen molar-refractivity contribution in [2.24, 2.45) is 0 Å². The van der Waals surface area contributed by atoms with Crippen LogP contribution in [0.15, 0.2) is 12.1 Å². The number of nitrogens with one attached hydrogen (secondary N) is 1. The third-order valence-corrected chi connectivity index (χ3v) is 3.71. The molecule has 1 heterocycles. The van der Waals surface area contributed by atoms with Gasteiger partial charge in [0.05, 0.1) is 14.2 Å². The summed E-state index contributed by atoms with van der Waals surface area (Å²) in [5, 5.41) is 3.56. The van der Waals surface area contributed by atoms with Crippen molar-refractivity contribution in [3.63, 3.8) is 0 Å². The predicted octanol–water partition coefficient (Wildman–Crippen LogP) is 3.42. The molecule has 0 unspecified atom stereocenters. The fourth-order valence-electron chi connectivity index (χ4n) is 2.67. The SMILES string of the molecule is COc1cc(NC2CCOCC2)cc(OC)c1C(C)C. The predicted molar refractivity (Wildman–Crippen MR) is 81.1 cm³/mol. The van der Waals surface area contributed by atoms with Crippen LogP contribution in [0, 0.1) is 0 Å². The van der Waals surface area contributed by atoms with E-state index in [1.54, 1.807) is 14.2 Å². The van der Waals surface area contributed by atoms with Gasteiger partial charge in [-0.2, -0.15) is 0 Å². The van der Waals surface area contributed by atoms with Gasteiger partial charge in [-0.05, 0) is 18.8 Å². The summed E-state index contributed by atoms with van der Waals surface area (Å²) < 4.78 is 16.5. The zero-order valence-corrected chi connectivity index (χ0v) is 12.9. The van der Waals surface area contributed by atoms with Gasteiger partial charge in [0.2, 0.25) is 0 Å². The molecule has 1 N–H and O–H groups in total. The van der Waals surface area contributed by atoms with E-state index in [2.05, 4.69) is 31.3 Å². The number of hydrogen-bond donors (Lipinski definition) is 1. The van der Waals surface area contributed by atoms with E-state index in [0.29, 0.717) is 12.0 Å². The van der Waals surface area contributed by atoms with E-state index in [1.165, 1.54) is 0 Å². The van der Waals surface area contributed by atoms with Crippen molar-refractivity contribution in [3.05, 3.63) is 17.7 Å². The maximum Gasteiger partial charge on any atom is 0.128 e. The molecule has 1 aromatic carbocycles. The number of ether oxygens (including phenoxy) is 3. The first-order chi connectivity index (χ1) is 9.65. The summed E-state index contributed by atoms with van der Waals surface area (Å²) in [6.45, 7) is 5.95. The number of anilines is 1. The van der Waals surface area contributed by atoms with Crippen LogP contribution in [0.25, 0.3) is 0 Å². The molecular formula is C16H25NO3. The second-order valence-corrected chi connectivity index (χ2v) is 5.48.